The lowest BCUT2D eigenvalue weighted by molar-refractivity contribution is -0.118. The maximum atomic E-state index is 12.9. The molecule has 1 atom stereocenters. The number of hydrogen-bond donors (Lipinski definition) is 1. The fraction of sp³-hybridized carbons (Fsp3) is 0.417. The Labute approximate surface area is 182 Å². The summed E-state index contributed by atoms with van der Waals surface area (Å²) in [7, 11) is 1.56. The monoisotopic (exact) mass is 426 g/mol. The molecule has 1 spiro atoms. The first-order chi connectivity index (χ1) is 14.3. The highest BCUT2D eigenvalue weighted by atomic mass is 35.5. The minimum atomic E-state index is -0.00255. The molecular weight excluding hydrogens is 400 g/mol. The Bertz CT molecular complexity index is 996. The molecule has 158 valence electrons. The third kappa shape index (κ3) is 3.91. The standard InChI is InChI=1S/C24H27ClN2O3/c1-15-4-5-17(12-16(15)2)23(29)27-10-8-24(9-11-27)14-19(24)22(28)26-18-6-7-21(30-3)20(25)13-18/h4-7,12-13,19H,8-11,14H2,1-3H3,(H,26,28)/t19-/m0/s1. The van der Waals surface area contributed by atoms with E-state index in [0.717, 1.165) is 30.4 Å². The third-order valence-electron chi connectivity index (χ3n) is 6.73. The van der Waals surface area contributed by atoms with Crippen LogP contribution in [-0.4, -0.2) is 36.9 Å². The molecule has 2 aromatic carbocycles. The number of aryl methyl sites for hydroxylation is 2. The molecule has 0 radical (unpaired) electrons. The van der Waals surface area contributed by atoms with E-state index in [-0.39, 0.29) is 23.1 Å². The van der Waals surface area contributed by atoms with Crippen molar-refractivity contribution in [2.24, 2.45) is 11.3 Å². The molecule has 1 heterocycles. The Balaban J connectivity index is 1.34. The quantitative estimate of drug-likeness (QED) is 0.760. The summed E-state index contributed by atoms with van der Waals surface area (Å²) in [6, 6.07) is 11.1. The van der Waals surface area contributed by atoms with Gasteiger partial charge in [-0.15, -0.1) is 0 Å². The van der Waals surface area contributed by atoms with Crippen LogP contribution in [-0.2, 0) is 4.79 Å². The molecule has 2 aliphatic rings. The second-order valence-electron chi connectivity index (χ2n) is 8.55. The molecule has 2 aromatic rings. The predicted octanol–water partition coefficient (Wildman–Crippen LogP) is 4.85. The number of methoxy groups -OCH3 is 1. The number of benzene rings is 2. The summed E-state index contributed by atoms with van der Waals surface area (Å²) >= 11 is 6.15. The van der Waals surface area contributed by atoms with E-state index >= 15 is 0 Å². The van der Waals surface area contributed by atoms with Gasteiger partial charge in [0.2, 0.25) is 5.91 Å². The van der Waals surface area contributed by atoms with Crippen LogP contribution in [0.4, 0.5) is 5.69 Å². The second kappa shape index (κ2) is 7.95. The van der Waals surface area contributed by atoms with Gasteiger partial charge in [0, 0.05) is 30.3 Å². The zero-order chi connectivity index (χ0) is 21.5. The van der Waals surface area contributed by atoms with Gasteiger partial charge in [0.05, 0.1) is 12.1 Å². The zero-order valence-electron chi connectivity index (χ0n) is 17.6. The average Bonchev–Trinajstić information content (AvgIpc) is 3.43. The number of carbonyl (C=O) groups excluding carboxylic acids is 2. The lowest BCUT2D eigenvalue weighted by atomic mass is 9.90. The Morgan fingerprint density at radius 1 is 1.10 bits per heavy atom. The van der Waals surface area contributed by atoms with Gasteiger partial charge in [-0.25, -0.2) is 0 Å². The summed E-state index contributed by atoms with van der Waals surface area (Å²) < 4.78 is 5.15. The van der Waals surface area contributed by atoms with Crippen LogP contribution < -0.4 is 10.1 Å². The molecule has 0 aromatic heterocycles. The molecule has 4 rings (SSSR count). The normalized spacial score (nSPS) is 19.5. The molecular formula is C24H27ClN2O3. The van der Waals surface area contributed by atoms with Crippen molar-refractivity contribution in [1.29, 1.82) is 0 Å². The highest BCUT2D eigenvalue weighted by molar-refractivity contribution is 6.32. The number of rotatable bonds is 4. The van der Waals surface area contributed by atoms with E-state index in [1.165, 1.54) is 5.56 Å². The number of likely N-dealkylation sites (tertiary alicyclic amines) is 1. The van der Waals surface area contributed by atoms with Crippen molar-refractivity contribution in [2.75, 3.05) is 25.5 Å². The zero-order valence-corrected chi connectivity index (χ0v) is 18.4. The van der Waals surface area contributed by atoms with E-state index < -0.39 is 0 Å². The maximum Gasteiger partial charge on any atom is 0.253 e. The minimum absolute atomic E-state index is 0.00255. The Morgan fingerprint density at radius 2 is 1.83 bits per heavy atom. The lowest BCUT2D eigenvalue weighted by Crippen LogP contribution is -2.40. The summed E-state index contributed by atoms with van der Waals surface area (Å²) in [5.74, 6) is 0.697. The predicted molar refractivity (Wildman–Crippen MR) is 118 cm³/mol. The van der Waals surface area contributed by atoms with Gasteiger partial charge >= 0.3 is 0 Å². The average molecular weight is 427 g/mol. The number of amides is 2. The molecule has 5 nitrogen and oxygen atoms in total. The molecule has 30 heavy (non-hydrogen) atoms. The van der Waals surface area contributed by atoms with Crippen molar-refractivity contribution in [3.05, 3.63) is 58.1 Å². The smallest absolute Gasteiger partial charge is 0.253 e. The molecule has 1 aliphatic carbocycles. The van der Waals surface area contributed by atoms with Crippen LogP contribution >= 0.6 is 11.6 Å². The third-order valence-corrected chi connectivity index (χ3v) is 7.02. The van der Waals surface area contributed by atoms with Gasteiger partial charge in [-0.2, -0.15) is 0 Å². The molecule has 2 amide bonds. The highest BCUT2D eigenvalue weighted by Gasteiger charge is 2.58. The summed E-state index contributed by atoms with van der Waals surface area (Å²) in [6.45, 7) is 5.47. The van der Waals surface area contributed by atoms with E-state index in [1.54, 1.807) is 25.3 Å². The first kappa shape index (κ1) is 20.7. The van der Waals surface area contributed by atoms with E-state index in [4.69, 9.17) is 16.3 Å². The van der Waals surface area contributed by atoms with Gasteiger partial charge in [0.1, 0.15) is 5.75 Å². The number of halogens is 1. The van der Waals surface area contributed by atoms with E-state index in [1.807, 2.05) is 36.9 Å². The molecule has 2 fully saturated rings. The fourth-order valence-electron chi connectivity index (χ4n) is 4.46. The summed E-state index contributed by atoms with van der Waals surface area (Å²) in [6.07, 6.45) is 2.62. The van der Waals surface area contributed by atoms with Crippen molar-refractivity contribution in [2.45, 2.75) is 33.1 Å². The van der Waals surface area contributed by atoms with Gasteiger partial charge in [0.15, 0.2) is 0 Å². The number of anilines is 1. The van der Waals surface area contributed by atoms with Gasteiger partial charge < -0.3 is 15.0 Å². The Hall–Kier alpha value is -2.53. The first-order valence-corrected chi connectivity index (χ1v) is 10.7. The SMILES string of the molecule is COc1ccc(NC(=O)[C@@H]2CC23CCN(C(=O)c2ccc(C)c(C)c2)CC3)cc1Cl. The fourth-order valence-corrected chi connectivity index (χ4v) is 4.71. The van der Waals surface area contributed by atoms with Gasteiger partial charge in [-0.1, -0.05) is 17.7 Å². The number of piperidine rings is 1. The lowest BCUT2D eigenvalue weighted by Gasteiger charge is -2.33. The molecule has 1 saturated heterocycles. The van der Waals surface area contributed by atoms with Crippen molar-refractivity contribution in [1.82, 2.24) is 4.90 Å². The van der Waals surface area contributed by atoms with E-state index in [2.05, 4.69) is 5.32 Å². The molecule has 6 heteroatoms. The maximum absolute atomic E-state index is 12.9. The number of nitrogens with zero attached hydrogens (tertiary/aromatic N) is 1. The molecule has 1 N–H and O–H groups in total. The number of nitrogens with one attached hydrogen (secondary N) is 1. The van der Waals surface area contributed by atoms with Crippen molar-refractivity contribution >= 4 is 29.1 Å². The number of hydrogen-bond acceptors (Lipinski definition) is 3. The number of carbonyl (C=O) groups is 2. The van der Waals surface area contributed by atoms with Crippen LogP contribution in [0.5, 0.6) is 5.75 Å². The molecule has 0 bridgehead atoms. The van der Waals surface area contributed by atoms with Gasteiger partial charge in [0.25, 0.3) is 5.91 Å². The van der Waals surface area contributed by atoms with Gasteiger partial charge in [-0.3, -0.25) is 9.59 Å². The van der Waals surface area contributed by atoms with Gasteiger partial charge in [-0.05, 0) is 80.0 Å². The van der Waals surface area contributed by atoms with Crippen LogP contribution in [0.2, 0.25) is 5.02 Å². The Morgan fingerprint density at radius 3 is 2.47 bits per heavy atom. The molecule has 1 aliphatic heterocycles. The van der Waals surface area contributed by atoms with Crippen LogP contribution in [0.25, 0.3) is 0 Å². The van der Waals surface area contributed by atoms with Crippen LogP contribution in [0.15, 0.2) is 36.4 Å². The van der Waals surface area contributed by atoms with Crippen molar-refractivity contribution < 1.29 is 14.3 Å². The van der Waals surface area contributed by atoms with Crippen LogP contribution in [0, 0.1) is 25.2 Å². The van der Waals surface area contributed by atoms with Crippen LogP contribution in [0.3, 0.4) is 0 Å². The highest BCUT2D eigenvalue weighted by Crippen LogP contribution is 2.59. The van der Waals surface area contributed by atoms with E-state index in [0.29, 0.717) is 29.5 Å². The van der Waals surface area contributed by atoms with Crippen LogP contribution in [0.1, 0.15) is 40.7 Å². The summed E-state index contributed by atoms with van der Waals surface area (Å²) in [5, 5.41) is 3.45. The van der Waals surface area contributed by atoms with Crippen molar-refractivity contribution in [3.63, 3.8) is 0 Å². The first-order valence-electron chi connectivity index (χ1n) is 10.3. The Kier molecular flexibility index (Phi) is 5.49. The van der Waals surface area contributed by atoms with Crippen molar-refractivity contribution in [3.8, 4) is 5.75 Å². The molecule has 0 unspecified atom stereocenters. The largest absolute Gasteiger partial charge is 0.495 e. The second-order valence-corrected chi connectivity index (χ2v) is 8.96. The number of ether oxygens (including phenoxy) is 1. The minimum Gasteiger partial charge on any atom is -0.495 e. The molecule has 1 saturated carbocycles. The summed E-state index contributed by atoms with van der Waals surface area (Å²) in [4.78, 5) is 27.5. The summed E-state index contributed by atoms with van der Waals surface area (Å²) in [5.41, 5.74) is 3.77. The van der Waals surface area contributed by atoms with E-state index in [9.17, 15) is 9.59 Å². The topological polar surface area (TPSA) is 58.6 Å².